The summed E-state index contributed by atoms with van der Waals surface area (Å²) in [6.07, 6.45) is 0. The molecule has 1 saturated heterocycles. The predicted molar refractivity (Wildman–Crippen MR) is 72.7 cm³/mol. The van der Waals surface area contributed by atoms with E-state index in [0.717, 1.165) is 0 Å². The third-order valence-corrected chi connectivity index (χ3v) is 5.42. The molecule has 100 valence electrons. The zero-order chi connectivity index (χ0) is 13.3. The van der Waals surface area contributed by atoms with Crippen molar-refractivity contribution in [3.63, 3.8) is 0 Å². The van der Waals surface area contributed by atoms with Crippen LogP contribution in [0.25, 0.3) is 0 Å². The number of hydrogen-bond donors (Lipinski definition) is 1. The Labute approximate surface area is 117 Å². The number of hydrogen-bond acceptors (Lipinski definition) is 3. The lowest BCUT2D eigenvalue weighted by Gasteiger charge is -2.31. The highest BCUT2D eigenvalue weighted by Crippen LogP contribution is 2.28. The lowest BCUT2D eigenvalue weighted by molar-refractivity contribution is 0.310. The van der Waals surface area contributed by atoms with Crippen LogP contribution in [-0.4, -0.2) is 38.4 Å². The maximum atomic E-state index is 12.5. The van der Waals surface area contributed by atoms with Gasteiger partial charge in [-0.2, -0.15) is 4.31 Å². The molecule has 1 fully saturated rings. The van der Waals surface area contributed by atoms with Crippen molar-refractivity contribution < 1.29 is 8.42 Å². The second kappa shape index (κ2) is 5.35. The minimum atomic E-state index is -3.57. The summed E-state index contributed by atoms with van der Waals surface area (Å²) in [5.74, 6) is 0. The number of nitrogens with one attached hydrogen (secondary N) is 1. The van der Waals surface area contributed by atoms with Crippen LogP contribution in [0.15, 0.2) is 23.1 Å². The molecular formula is C11H14Cl2N2O2S. The fourth-order valence-corrected chi connectivity index (χ4v) is 4.20. The molecule has 1 aliphatic rings. The summed E-state index contributed by atoms with van der Waals surface area (Å²) in [7, 11) is -3.57. The van der Waals surface area contributed by atoms with Gasteiger partial charge in [0.1, 0.15) is 4.90 Å². The molecule has 0 unspecified atom stereocenters. The van der Waals surface area contributed by atoms with Gasteiger partial charge in [-0.15, -0.1) is 0 Å². The van der Waals surface area contributed by atoms with E-state index >= 15 is 0 Å². The summed E-state index contributed by atoms with van der Waals surface area (Å²) in [5, 5.41) is 3.76. The van der Waals surface area contributed by atoms with Crippen molar-refractivity contribution in [1.82, 2.24) is 9.62 Å². The van der Waals surface area contributed by atoms with Crippen molar-refractivity contribution >= 4 is 33.2 Å². The van der Waals surface area contributed by atoms with Crippen LogP contribution in [-0.2, 0) is 10.0 Å². The SMILES string of the molecule is C[C@@H]1CN(S(=O)(=O)c2cc(Cl)ccc2Cl)CCN1. The number of halogens is 2. The molecule has 18 heavy (non-hydrogen) atoms. The number of sulfonamides is 1. The van der Waals surface area contributed by atoms with Gasteiger partial charge in [-0.3, -0.25) is 0 Å². The fraction of sp³-hybridized carbons (Fsp3) is 0.455. The van der Waals surface area contributed by atoms with Gasteiger partial charge in [0.15, 0.2) is 0 Å². The van der Waals surface area contributed by atoms with E-state index in [2.05, 4.69) is 5.32 Å². The van der Waals surface area contributed by atoms with Gasteiger partial charge < -0.3 is 5.32 Å². The van der Waals surface area contributed by atoms with Crippen molar-refractivity contribution in [3.05, 3.63) is 28.2 Å². The van der Waals surface area contributed by atoms with Gasteiger partial charge in [0, 0.05) is 30.7 Å². The first-order valence-corrected chi connectivity index (χ1v) is 7.79. The van der Waals surface area contributed by atoms with Gasteiger partial charge in [-0.25, -0.2) is 8.42 Å². The van der Waals surface area contributed by atoms with E-state index in [1.807, 2.05) is 6.92 Å². The molecule has 1 N–H and O–H groups in total. The Morgan fingerprint density at radius 2 is 2.11 bits per heavy atom. The Bertz CT molecular complexity index is 548. The second-order valence-corrected chi connectivity index (χ2v) is 7.04. The van der Waals surface area contributed by atoms with Crippen LogP contribution < -0.4 is 5.32 Å². The van der Waals surface area contributed by atoms with Crippen molar-refractivity contribution in [2.75, 3.05) is 19.6 Å². The lowest BCUT2D eigenvalue weighted by Crippen LogP contribution is -2.51. The third kappa shape index (κ3) is 2.81. The molecule has 0 aromatic heterocycles. The first kappa shape index (κ1) is 14.1. The summed E-state index contributed by atoms with van der Waals surface area (Å²) < 4.78 is 26.4. The zero-order valence-electron chi connectivity index (χ0n) is 9.86. The van der Waals surface area contributed by atoms with Gasteiger partial charge >= 0.3 is 0 Å². The summed E-state index contributed by atoms with van der Waals surface area (Å²) in [6, 6.07) is 4.60. The van der Waals surface area contributed by atoms with Crippen LogP contribution in [0, 0.1) is 0 Å². The highest BCUT2D eigenvalue weighted by atomic mass is 35.5. The molecule has 0 aliphatic carbocycles. The molecule has 1 aliphatic heterocycles. The van der Waals surface area contributed by atoms with E-state index in [9.17, 15) is 8.42 Å². The van der Waals surface area contributed by atoms with E-state index in [1.54, 1.807) is 6.07 Å². The van der Waals surface area contributed by atoms with E-state index in [0.29, 0.717) is 24.7 Å². The normalized spacial score (nSPS) is 22.1. The Morgan fingerprint density at radius 1 is 1.39 bits per heavy atom. The number of benzene rings is 1. The molecule has 4 nitrogen and oxygen atoms in total. The monoisotopic (exact) mass is 308 g/mol. The largest absolute Gasteiger partial charge is 0.312 e. The molecule has 0 spiro atoms. The first-order chi connectivity index (χ1) is 8.41. The summed E-state index contributed by atoms with van der Waals surface area (Å²) >= 11 is 11.8. The van der Waals surface area contributed by atoms with Crippen LogP contribution in [0.1, 0.15) is 6.92 Å². The minimum Gasteiger partial charge on any atom is -0.312 e. The molecule has 2 rings (SSSR count). The van der Waals surface area contributed by atoms with E-state index in [1.165, 1.54) is 16.4 Å². The molecule has 0 saturated carbocycles. The Hall–Kier alpha value is -0.330. The average Bonchev–Trinajstić information content (AvgIpc) is 2.32. The minimum absolute atomic E-state index is 0.0748. The topological polar surface area (TPSA) is 49.4 Å². The Kier molecular flexibility index (Phi) is 4.18. The third-order valence-electron chi connectivity index (χ3n) is 2.84. The standard InChI is InChI=1S/C11H14Cl2N2O2S/c1-8-7-15(5-4-14-8)18(16,17)11-6-9(12)2-3-10(11)13/h2-3,6,8,14H,4-5,7H2,1H3/t8-/m1/s1. The molecule has 1 aromatic carbocycles. The molecule has 0 radical (unpaired) electrons. The van der Waals surface area contributed by atoms with Crippen LogP contribution in [0.3, 0.4) is 0 Å². The highest BCUT2D eigenvalue weighted by molar-refractivity contribution is 7.89. The smallest absolute Gasteiger partial charge is 0.244 e. The predicted octanol–water partition coefficient (Wildman–Crippen LogP) is 1.98. The van der Waals surface area contributed by atoms with Crippen LogP contribution >= 0.6 is 23.2 Å². The molecule has 1 aromatic rings. The Morgan fingerprint density at radius 3 is 2.78 bits per heavy atom. The zero-order valence-corrected chi connectivity index (χ0v) is 12.2. The van der Waals surface area contributed by atoms with Crippen molar-refractivity contribution in [1.29, 1.82) is 0 Å². The van der Waals surface area contributed by atoms with Crippen molar-refractivity contribution in [3.8, 4) is 0 Å². The van der Waals surface area contributed by atoms with E-state index < -0.39 is 10.0 Å². The quantitative estimate of drug-likeness (QED) is 0.909. The van der Waals surface area contributed by atoms with E-state index in [4.69, 9.17) is 23.2 Å². The van der Waals surface area contributed by atoms with Gasteiger partial charge in [0.25, 0.3) is 0 Å². The lowest BCUT2D eigenvalue weighted by atomic mass is 10.3. The Balaban J connectivity index is 2.38. The van der Waals surface area contributed by atoms with Gasteiger partial charge in [0.05, 0.1) is 5.02 Å². The summed E-state index contributed by atoms with van der Waals surface area (Å²) in [4.78, 5) is 0.0748. The summed E-state index contributed by atoms with van der Waals surface area (Å²) in [5.41, 5.74) is 0. The van der Waals surface area contributed by atoms with Crippen molar-refractivity contribution in [2.24, 2.45) is 0 Å². The highest BCUT2D eigenvalue weighted by Gasteiger charge is 2.30. The van der Waals surface area contributed by atoms with Gasteiger partial charge in [-0.05, 0) is 25.1 Å². The van der Waals surface area contributed by atoms with Gasteiger partial charge in [0.2, 0.25) is 10.0 Å². The molecule has 1 atom stereocenters. The maximum Gasteiger partial charge on any atom is 0.244 e. The maximum absolute atomic E-state index is 12.5. The molecule has 7 heteroatoms. The molecular weight excluding hydrogens is 295 g/mol. The van der Waals surface area contributed by atoms with Crippen LogP contribution in [0.2, 0.25) is 10.0 Å². The molecule has 0 bridgehead atoms. The van der Waals surface area contributed by atoms with E-state index in [-0.39, 0.29) is 16.0 Å². The number of nitrogens with zero attached hydrogens (tertiary/aromatic N) is 1. The van der Waals surface area contributed by atoms with Crippen LogP contribution in [0.4, 0.5) is 0 Å². The first-order valence-electron chi connectivity index (χ1n) is 5.60. The van der Waals surface area contributed by atoms with Crippen molar-refractivity contribution in [2.45, 2.75) is 17.9 Å². The number of piperazine rings is 1. The molecule has 1 heterocycles. The van der Waals surface area contributed by atoms with Crippen LogP contribution in [0.5, 0.6) is 0 Å². The molecule has 0 amide bonds. The average molecular weight is 309 g/mol. The van der Waals surface area contributed by atoms with Gasteiger partial charge in [-0.1, -0.05) is 23.2 Å². The second-order valence-electron chi connectivity index (χ2n) is 4.29. The number of rotatable bonds is 2. The summed E-state index contributed by atoms with van der Waals surface area (Å²) in [6.45, 7) is 3.46. The fourth-order valence-electron chi connectivity index (χ4n) is 1.93.